The number of amides is 1. The van der Waals surface area contributed by atoms with E-state index in [9.17, 15) is 4.79 Å². The summed E-state index contributed by atoms with van der Waals surface area (Å²) in [6, 6.07) is 3.53. The largest absolute Gasteiger partial charge is 0.383 e. The van der Waals surface area contributed by atoms with Crippen LogP contribution in [0.25, 0.3) is 5.65 Å². The number of pyridine rings is 1. The molecule has 1 N–H and O–H groups in total. The minimum Gasteiger partial charge on any atom is -0.383 e. The first-order valence-corrected chi connectivity index (χ1v) is 5.92. The predicted molar refractivity (Wildman–Crippen MR) is 69.1 cm³/mol. The lowest BCUT2D eigenvalue weighted by Gasteiger charge is -2.05. The predicted octanol–water partition coefficient (Wildman–Crippen LogP) is 1.67. The molecule has 0 radical (unpaired) electrons. The Balaban J connectivity index is 2.34. The van der Waals surface area contributed by atoms with Crippen LogP contribution in [0, 0.1) is 6.92 Å². The Labute approximate surface area is 110 Å². The number of carbonyl (C=O) groups excluding carboxylic acids is 1. The molecule has 0 spiro atoms. The number of carbonyl (C=O) groups is 1. The summed E-state index contributed by atoms with van der Waals surface area (Å²) in [5.41, 5.74) is 1.88. The molecule has 0 saturated carbocycles. The topological polar surface area (TPSA) is 55.6 Å². The van der Waals surface area contributed by atoms with Crippen LogP contribution in [0.3, 0.4) is 0 Å². The van der Waals surface area contributed by atoms with E-state index >= 15 is 0 Å². The van der Waals surface area contributed by atoms with Crippen LogP contribution in [-0.2, 0) is 4.74 Å². The molecule has 0 saturated heterocycles. The van der Waals surface area contributed by atoms with Gasteiger partial charge >= 0.3 is 0 Å². The van der Waals surface area contributed by atoms with Crippen molar-refractivity contribution in [3.8, 4) is 0 Å². The number of rotatable bonds is 4. The van der Waals surface area contributed by atoms with Crippen molar-refractivity contribution in [2.45, 2.75) is 6.92 Å². The number of nitrogens with zero attached hydrogens (tertiary/aromatic N) is 2. The maximum atomic E-state index is 12.1. The summed E-state index contributed by atoms with van der Waals surface area (Å²) in [6.07, 6.45) is 1.68. The highest BCUT2D eigenvalue weighted by Gasteiger charge is 2.16. The highest BCUT2D eigenvalue weighted by atomic mass is 35.5. The third-order valence-electron chi connectivity index (χ3n) is 2.56. The van der Waals surface area contributed by atoms with Gasteiger partial charge in [0.25, 0.3) is 5.91 Å². The SMILES string of the molecule is COCCNC(=O)c1c(C)nc2ccc(Cl)cn12. The molecule has 0 atom stereocenters. The second-order valence-corrected chi connectivity index (χ2v) is 4.31. The first kappa shape index (κ1) is 12.9. The van der Waals surface area contributed by atoms with Gasteiger partial charge in [-0.3, -0.25) is 9.20 Å². The van der Waals surface area contributed by atoms with Gasteiger partial charge in [-0.2, -0.15) is 0 Å². The number of hydrogen-bond acceptors (Lipinski definition) is 3. The van der Waals surface area contributed by atoms with Crippen molar-refractivity contribution in [2.75, 3.05) is 20.3 Å². The van der Waals surface area contributed by atoms with Gasteiger partial charge in [0, 0.05) is 19.9 Å². The van der Waals surface area contributed by atoms with Crippen LogP contribution in [0.15, 0.2) is 18.3 Å². The summed E-state index contributed by atoms with van der Waals surface area (Å²) in [7, 11) is 1.59. The molecule has 6 heteroatoms. The Morgan fingerprint density at radius 2 is 2.33 bits per heavy atom. The molecule has 0 aliphatic carbocycles. The van der Waals surface area contributed by atoms with E-state index in [1.165, 1.54) is 0 Å². The normalized spacial score (nSPS) is 10.8. The average Bonchev–Trinajstić information content (AvgIpc) is 2.64. The first-order valence-electron chi connectivity index (χ1n) is 5.55. The van der Waals surface area contributed by atoms with E-state index in [0.717, 1.165) is 0 Å². The summed E-state index contributed by atoms with van der Waals surface area (Å²) in [5, 5.41) is 3.33. The van der Waals surface area contributed by atoms with E-state index in [-0.39, 0.29) is 5.91 Å². The van der Waals surface area contributed by atoms with Crippen LogP contribution >= 0.6 is 11.6 Å². The fraction of sp³-hybridized carbons (Fsp3) is 0.333. The Kier molecular flexibility index (Phi) is 3.84. The maximum absolute atomic E-state index is 12.1. The van der Waals surface area contributed by atoms with Gasteiger partial charge in [-0.25, -0.2) is 4.98 Å². The fourth-order valence-corrected chi connectivity index (χ4v) is 1.92. The van der Waals surface area contributed by atoms with Gasteiger partial charge in [0.05, 0.1) is 17.3 Å². The Morgan fingerprint density at radius 3 is 3.06 bits per heavy atom. The van der Waals surface area contributed by atoms with Gasteiger partial charge in [-0.15, -0.1) is 0 Å². The summed E-state index contributed by atoms with van der Waals surface area (Å²) in [4.78, 5) is 16.4. The minimum absolute atomic E-state index is 0.181. The zero-order valence-electron chi connectivity index (χ0n) is 10.2. The van der Waals surface area contributed by atoms with Crippen molar-refractivity contribution >= 4 is 23.2 Å². The van der Waals surface area contributed by atoms with Gasteiger partial charge in [0.2, 0.25) is 0 Å². The van der Waals surface area contributed by atoms with Gasteiger partial charge in [-0.1, -0.05) is 11.6 Å². The van der Waals surface area contributed by atoms with E-state index in [1.54, 1.807) is 36.8 Å². The standard InChI is InChI=1S/C12H14ClN3O2/c1-8-11(12(17)14-5-6-18-2)16-7-9(13)3-4-10(16)15-8/h3-4,7H,5-6H2,1-2H3,(H,14,17). The molecule has 2 rings (SSSR count). The zero-order valence-corrected chi connectivity index (χ0v) is 11.0. The van der Waals surface area contributed by atoms with Crippen LogP contribution in [0.2, 0.25) is 5.02 Å². The monoisotopic (exact) mass is 267 g/mol. The second kappa shape index (κ2) is 5.37. The third kappa shape index (κ3) is 2.47. The van der Waals surface area contributed by atoms with Crippen molar-refractivity contribution in [2.24, 2.45) is 0 Å². The molecule has 0 bridgehead atoms. The van der Waals surface area contributed by atoms with Gasteiger partial charge < -0.3 is 10.1 Å². The van der Waals surface area contributed by atoms with Gasteiger partial charge in [-0.05, 0) is 19.1 Å². The summed E-state index contributed by atoms with van der Waals surface area (Å²) >= 11 is 5.93. The average molecular weight is 268 g/mol. The number of methoxy groups -OCH3 is 1. The van der Waals surface area contributed by atoms with Crippen molar-refractivity contribution in [1.29, 1.82) is 0 Å². The molecule has 0 aromatic carbocycles. The number of aromatic nitrogens is 2. The van der Waals surface area contributed by atoms with E-state index in [4.69, 9.17) is 16.3 Å². The zero-order chi connectivity index (χ0) is 13.1. The molecule has 0 aliphatic heterocycles. The molecular weight excluding hydrogens is 254 g/mol. The molecule has 0 aliphatic rings. The number of imidazole rings is 1. The Bertz CT molecular complexity index is 580. The van der Waals surface area contributed by atoms with E-state index in [2.05, 4.69) is 10.3 Å². The lowest BCUT2D eigenvalue weighted by molar-refractivity contribution is 0.0930. The highest BCUT2D eigenvalue weighted by Crippen LogP contribution is 2.16. The van der Waals surface area contributed by atoms with Crippen LogP contribution in [0.1, 0.15) is 16.2 Å². The Morgan fingerprint density at radius 1 is 1.56 bits per heavy atom. The van der Waals surface area contributed by atoms with Crippen LogP contribution in [-0.4, -0.2) is 35.6 Å². The lowest BCUT2D eigenvalue weighted by Crippen LogP contribution is -2.28. The van der Waals surface area contributed by atoms with Crippen molar-refractivity contribution in [3.63, 3.8) is 0 Å². The second-order valence-electron chi connectivity index (χ2n) is 3.87. The molecule has 2 heterocycles. The molecule has 2 aromatic heterocycles. The number of hydrogen-bond donors (Lipinski definition) is 1. The molecule has 2 aromatic rings. The minimum atomic E-state index is -0.181. The highest BCUT2D eigenvalue weighted by molar-refractivity contribution is 6.30. The number of nitrogens with one attached hydrogen (secondary N) is 1. The van der Waals surface area contributed by atoms with E-state index < -0.39 is 0 Å². The van der Waals surface area contributed by atoms with Crippen LogP contribution in [0.5, 0.6) is 0 Å². The first-order chi connectivity index (χ1) is 8.63. The molecular formula is C12H14ClN3O2. The number of fused-ring (bicyclic) bond motifs is 1. The molecule has 18 heavy (non-hydrogen) atoms. The van der Waals surface area contributed by atoms with Crippen LogP contribution in [0.4, 0.5) is 0 Å². The Hall–Kier alpha value is -1.59. The van der Waals surface area contributed by atoms with Crippen LogP contribution < -0.4 is 5.32 Å². The summed E-state index contributed by atoms with van der Waals surface area (Å²) in [5.74, 6) is -0.181. The molecule has 0 fully saturated rings. The lowest BCUT2D eigenvalue weighted by atomic mass is 10.3. The number of halogens is 1. The third-order valence-corrected chi connectivity index (χ3v) is 2.79. The summed E-state index contributed by atoms with van der Waals surface area (Å²) < 4.78 is 6.58. The van der Waals surface area contributed by atoms with Crippen molar-refractivity contribution in [3.05, 3.63) is 34.7 Å². The van der Waals surface area contributed by atoms with Gasteiger partial charge in [0.15, 0.2) is 0 Å². The number of aryl methyl sites for hydroxylation is 1. The smallest absolute Gasteiger partial charge is 0.270 e. The molecule has 0 unspecified atom stereocenters. The molecule has 5 nitrogen and oxygen atoms in total. The summed E-state index contributed by atoms with van der Waals surface area (Å²) in [6.45, 7) is 2.73. The quantitative estimate of drug-likeness (QED) is 0.858. The maximum Gasteiger partial charge on any atom is 0.270 e. The van der Waals surface area contributed by atoms with Gasteiger partial charge in [0.1, 0.15) is 11.3 Å². The fourth-order valence-electron chi connectivity index (χ4n) is 1.76. The molecule has 96 valence electrons. The molecule has 1 amide bonds. The van der Waals surface area contributed by atoms with E-state index in [1.807, 2.05) is 0 Å². The number of ether oxygens (including phenoxy) is 1. The van der Waals surface area contributed by atoms with E-state index in [0.29, 0.717) is 35.2 Å². The van der Waals surface area contributed by atoms with Crippen molar-refractivity contribution < 1.29 is 9.53 Å². The van der Waals surface area contributed by atoms with Crippen molar-refractivity contribution in [1.82, 2.24) is 14.7 Å².